The van der Waals surface area contributed by atoms with Gasteiger partial charge in [-0.1, -0.05) is 18.2 Å². The number of fused-ring (bicyclic) bond motifs is 1. The van der Waals surface area contributed by atoms with Gasteiger partial charge in [0.05, 0.1) is 24.3 Å². The van der Waals surface area contributed by atoms with E-state index in [9.17, 15) is 19.1 Å². The minimum atomic E-state index is -0.654. The van der Waals surface area contributed by atoms with Crippen LogP contribution in [0.15, 0.2) is 53.1 Å². The molecule has 1 fully saturated rings. The number of halogens is 1. The summed E-state index contributed by atoms with van der Waals surface area (Å²) in [5.74, 6) is -1.25. The lowest BCUT2D eigenvalue weighted by atomic mass is 9.92. The van der Waals surface area contributed by atoms with Crippen LogP contribution in [0, 0.1) is 5.82 Å². The second kappa shape index (κ2) is 8.28. The molecule has 2 aromatic carbocycles. The van der Waals surface area contributed by atoms with Gasteiger partial charge in [0, 0.05) is 11.9 Å². The topological polar surface area (TPSA) is 80.0 Å². The van der Waals surface area contributed by atoms with Crippen molar-refractivity contribution in [3.05, 3.63) is 71.2 Å². The molecule has 0 bridgehead atoms. The van der Waals surface area contributed by atoms with Crippen LogP contribution in [0.2, 0.25) is 0 Å². The minimum absolute atomic E-state index is 0.143. The predicted molar refractivity (Wildman–Crippen MR) is 108 cm³/mol. The van der Waals surface area contributed by atoms with Crippen molar-refractivity contribution >= 4 is 22.8 Å². The van der Waals surface area contributed by atoms with E-state index in [4.69, 9.17) is 9.15 Å². The van der Waals surface area contributed by atoms with Crippen molar-refractivity contribution < 1.29 is 28.2 Å². The minimum Gasteiger partial charge on any atom is -0.463 e. The number of likely N-dealkylation sites (tertiary alicyclic amines) is 1. The molecular formula is C23H22FNO5. The van der Waals surface area contributed by atoms with Gasteiger partial charge in [-0.05, 0) is 49.6 Å². The third-order valence-electron chi connectivity index (χ3n) is 5.40. The van der Waals surface area contributed by atoms with Crippen molar-refractivity contribution in [1.82, 2.24) is 4.90 Å². The zero-order chi connectivity index (χ0) is 21.3. The Morgan fingerprint density at radius 2 is 1.93 bits per heavy atom. The smallest absolute Gasteiger partial charge is 0.342 e. The molecule has 156 valence electrons. The second-order valence-electron chi connectivity index (χ2n) is 7.30. The Balaban J connectivity index is 1.76. The largest absolute Gasteiger partial charge is 0.463 e. The van der Waals surface area contributed by atoms with Crippen molar-refractivity contribution in [2.75, 3.05) is 13.2 Å². The maximum absolute atomic E-state index is 13.6. The number of rotatable bonds is 4. The number of aliphatic hydroxyl groups is 1. The first-order valence-electron chi connectivity index (χ1n) is 9.91. The van der Waals surface area contributed by atoms with E-state index >= 15 is 0 Å². The van der Waals surface area contributed by atoms with Gasteiger partial charge in [-0.15, -0.1) is 0 Å². The van der Waals surface area contributed by atoms with Gasteiger partial charge in [-0.2, -0.15) is 0 Å². The summed E-state index contributed by atoms with van der Waals surface area (Å²) in [6.45, 7) is 2.05. The Hall–Kier alpha value is -3.19. The fourth-order valence-electron chi connectivity index (χ4n) is 3.99. The molecule has 1 saturated heterocycles. The number of furan rings is 1. The zero-order valence-electron chi connectivity index (χ0n) is 16.5. The summed E-state index contributed by atoms with van der Waals surface area (Å²) in [7, 11) is 0. The molecule has 2 heterocycles. The van der Waals surface area contributed by atoms with Crippen molar-refractivity contribution in [2.24, 2.45) is 0 Å². The Morgan fingerprint density at radius 3 is 2.67 bits per heavy atom. The number of β-amino-alcohol motifs (C(OH)–C–C–N with tert-alkyl or cyclic N) is 1. The number of benzene rings is 2. The number of esters is 1. The number of hydrogen-bond donors (Lipinski definition) is 1. The van der Waals surface area contributed by atoms with E-state index in [0.29, 0.717) is 29.4 Å². The molecule has 3 aromatic rings. The van der Waals surface area contributed by atoms with Gasteiger partial charge in [0.25, 0.3) is 5.91 Å². The van der Waals surface area contributed by atoms with Crippen molar-refractivity contribution in [3.8, 4) is 0 Å². The molecule has 0 saturated carbocycles. The molecule has 2 atom stereocenters. The van der Waals surface area contributed by atoms with Crippen molar-refractivity contribution in [2.45, 2.75) is 31.9 Å². The van der Waals surface area contributed by atoms with Crippen LogP contribution in [-0.4, -0.2) is 41.1 Å². The molecule has 0 aliphatic carbocycles. The van der Waals surface area contributed by atoms with Crippen molar-refractivity contribution in [3.63, 3.8) is 0 Å². The Kier molecular flexibility index (Phi) is 5.55. The van der Waals surface area contributed by atoms with Crippen LogP contribution in [0.4, 0.5) is 4.39 Å². The zero-order valence-corrected chi connectivity index (χ0v) is 16.5. The fraction of sp³-hybridized carbons (Fsp3) is 0.304. The number of nitrogens with zero attached hydrogens (tertiary/aromatic N) is 1. The molecule has 1 amide bonds. The van der Waals surface area contributed by atoms with Gasteiger partial charge in [0.1, 0.15) is 23.2 Å². The molecule has 6 nitrogen and oxygen atoms in total. The first-order valence-corrected chi connectivity index (χ1v) is 9.91. The molecule has 1 aliphatic rings. The summed E-state index contributed by atoms with van der Waals surface area (Å²) in [5.41, 5.74) is 1.68. The van der Waals surface area contributed by atoms with E-state index in [1.165, 1.54) is 18.4 Å². The summed E-state index contributed by atoms with van der Waals surface area (Å²) < 4.78 is 24.0. The number of piperidine rings is 1. The second-order valence-corrected chi connectivity index (χ2v) is 7.30. The molecule has 7 heteroatoms. The first kappa shape index (κ1) is 20.1. The summed E-state index contributed by atoms with van der Waals surface area (Å²) in [4.78, 5) is 27.5. The Bertz CT molecular complexity index is 1070. The molecule has 30 heavy (non-hydrogen) atoms. The van der Waals surface area contributed by atoms with E-state index in [1.807, 2.05) is 0 Å². The van der Waals surface area contributed by atoms with Gasteiger partial charge >= 0.3 is 5.97 Å². The average molecular weight is 411 g/mol. The van der Waals surface area contributed by atoms with Gasteiger partial charge in [0.15, 0.2) is 0 Å². The number of ether oxygens (including phenoxy) is 1. The molecule has 4 rings (SSSR count). The van der Waals surface area contributed by atoms with Crippen LogP contribution in [0.1, 0.15) is 52.1 Å². The van der Waals surface area contributed by atoms with Crippen molar-refractivity contribution in [1.29, 1.82) is 0 Å². The predicted octanol–water partition coefficient (Wildman–Crippen LogP) is 4.09. The van der Waals surface area contributed by atoms with Crippen LogP contribution >= 0.6 is 0 Å². The summed E-state index contributed by atoms with van der Waals surface area (Å²) in [6.07, 6.45) is 1.72. The molecular weight excluding hydrogens is 389 g/mol. The highest BCUT2D eigenvalue weighted by atomic mass is 19.1. The maximum atomic E-state index is 13.6. The summed E-state index contributed by atoms with van der Waals surface area (Å²) in [5, 5.41) is 10.6. The molecule has 1 N–H and O–H groups in total. The highest BCUT2D eigenvalue weighted by molar-refractivity contribution is 6.13. The monoisotopic (exact) mass is 411 g/mol. The van der Waals surface area contributed by atoms with E-state index in [1.54, 1.807) is 42.2 Å². The van der Waals surface area contributed by atoms with Crippen LogP contribution in [0.25, 0.3) is 11.0 Å². The van der Waals surface area contributed by atoms with E-state index in [0.717, 1.165) is 5.56 Å². The SMILES string of the molecule is CCOC(=O)c1coc2cccc(C(=O)N3CC(O)CCC3c3ccc(F)cc3)c12. The number of aliphatic hydroxyl groups excluding tert-OH is 1. The lowest BCUT2D eigenvalue weighted by Gasteiger charge is -2.38. The number of amides is 1. The molecule has 2 unspecified atom stereocenters. The van der Waals surface area contributed by atoms with Crippen LogP contribution in [-0.2, 0) is 4.74 Å². The highest BCUT2D eigenvalue weighted by Crippen LogP contribution is 2.34. The standard InChI is InChI=1S/C23H22FNO5/c1-2-29-23(28)18-13-30-20-5-3-4-17(21(18)20)22(27)25-12-16(26)10-11-19(25)14-6-8-15(24)9-7-14/h3-9,13,16,19,26H,2,10-12H2,1H3. The summed E-state index contributed by atoms with van der Waals surface area (Å²) in [6, 6.07) is 10.7. The van der Waals surface area contributed by atoms with Gasteiger partial charge in [0.2, 0.25) is 0 Å². The Labute approximate surface area is 172 Å². The number of hydrogen-bond acceptors (Lipinski definition) is 5. The van der Waals surface area contributed by atoms with E-state index < -0.39 is 12.1 Å². The van der Waals surface area contributed by atoms with Crippen LogP contribution < -0.4 is 0 Å². The quantitative estimate of drug-likeness (QED) is 0.654. The van der Waals surface area contributed by atoms with Gasteiger partial charge in [-0.25, -0.2) is 9.18 Å². The molecule has 1 aliphatic heterocycles. The Morgan fingerprint density at radius 1 is 1.17 bits per heavy atom. The first-order chi connectivity index (χ1) is 14.5. The van der Waals surface area contributed by atoms with Gasteiger partial charge < -0.3 is 19.2 Å². The molecule has 1 aromatic heterocycles. The molecule has 0 spiro atoms. The van der Waals surface area contributed by atoms with Crippen LogP contribution in [0.5, 0.6) is 0 Å². The average Bonchev–Trinajstić information content (AvgIpc) is 3.18. The van der Waals surface area contributed by atoms with E-state index in [2.05, 4.69) is 0 Å². The lowest BCUT2D eigenvalue weighted by molar-refractivity contribution is 0.0270. The normalized spacial score (nSPS) is 19.1. The third-order valence-corrected chi connectivity index (χ3v) is 5.40. The third kappa shape index (κ3) is 3.68. The lowest BCUT2D eigenvalue weighted by Crippen LogP contribution is -2.44. The van der Waals surface area contributed by atoms with Gasteiger partial charge in [-0.3, -0.25) is 4.79 Å². The molecule has 0 radical (unpaired) electrons. The maximum Gasteiger partial charge on any atom is 0.342 e. The van der Waals surface area contributed by atoms with Crippen LogP contribution in [0.3, 0.4) is 0 Å². The fourth-order valence-corrected chi connectivity index (χ4v) is 3.99. The highest BCUT2D eigenvalue weighted by Gasteiger charge is 2.34. The summed E-state index contributed by atoms with van der Waals surface area (Å²) >= 11 is 0. The number of carbonyl (C=O) groups is 2. The van der Waals surface area contributed by atoms with E-state index in [-0.39, 0.29) is 36.5 Å². The number of carbonyl (C=O) groups excluding carboxylic acids is 2.